The summed E-state index contributed by atoms with van der Waals surface area (Å²) >= 11 is 1.61. The second-order valence-electron chi connectivity index (χ2n) is 6.94. The summed E-state index contributed by atoms with van der Waals surface area (Å²) in [5.74, 6) is 0.875. The standard InChI is InChI=1S/C23H26N2O3S/c1-18(16-27-2)28-22-5-3-4-20(12-22)15-25(14-19-6-9-24-10-7-19)23(26)13-21-8-11-29-17-21/h3-12,17-18H,13-16H2,1-2H3. The number of hydrogen-bond donors (Lipinski definition) is 0. The summed E-state index contributed by atoms with van der Waals surface area (Å²) < 4.78 is 11.0. The molecule has 0 fully saturated rings. The van der Waals surface area contributed by atoms with E-state index in [2.05, 4.69) is 4.98 Å². The number of thiophene rings is 1. The number of ether oxygens (including phenoxy) is 2. The maximum Gasteiger partial charge on any atom is 0.227 e. The molecule has 0 spiro atoms. The molecule has 0 aliphatic heterocycles. The van der Waals surface area contributed by atoms with Gasteiger partial charge in [0.05, 0.1) is 13.0 Å². The summed E-state index contributed by atoms with van der Waals surface area (Å²) in [5.41, 5.74) is 3.13. The molecule has 3 rings (SSSR count). The molecule has 0 bridgehead atoms. The van der Waals surface area contributed by atoms with Gasteiger partial charge in [-0.05, 0) is 64.7 Å². The van der Waals surface area contributed by atoms with Crippen molar-refractivity contribution in [1.29, 1.82) is 0 Å². The lowest BCUT2D eigenvalue weighted by Crippen LogP contribution is -2.31. The molecule has 0 radical (unpaired) electrons. The molecule has 0 aliphatic rings. The fourth-order valence-electron chi connectivity index (χ4n) is 3.06. The predicted octanol–water partition coefficient (Wildman–Crippen LogP) is 4.33. The first-order valence-electron chi connectivity index (χ1n) is 9.56. The monoisotopic (exact) mass is 410 g/mol. The Hall–Kier alpha value is -2.70. The van der Waals surface area contributed by atoms with Crippen molar-refractivity contribution in [3.63, 3.8) is 0 Å². The highest BCUT2D eigenvalue weighted by molar-refractivity contribution is 7.08. The molecule has 2 aromatic heterocycles. The molecule has 1 unspecified atom stereocenters. The van der Waals surface area contributed by atoms with Crippen LogP contribution in [-0.4, -0.2) is 35.6 Å². The fourth-order valence-corrected chi connectivity index (χ4v) is 3.73. The van der Waals surface area contributed by atoms with Gasteiger partial charge in [-0.25, -0.2) is 0 Å². The van der Waals surface area contributed by atoms with E-state index in [4.69, 9.17) is 9.47 Å². The lowest BCUT2D eigenvalue weighted by atomic mass is 10.1. The molecule has 29 heavy (non-hydrogen) atoms. The molecule has 152 valence electrons. The molecule has 0 saturated heterocycles. The Morgan fingerprint density at radius 2 is 1.90 bits per heavy atom. The van der Waals surface area contributed by atoms with Gasteiger partial charge >= 0.3 is 0 Å². The molecule has 5 nitrogen and oxygen atoms in total. The number of nitrogens with zero attached hydrogens (tertiary/aromatic N) is 2. The van der Waals surface area contributed by atoms with Gasteiger partial charge in [0.1, 0.15) is 11.9 Å². The molecule has 0 saturated carbocycles. The van der Waals surface area contributed by atoms with Crippen molar-refractivity contribution in [2.75, 3.05) is 13.7 Å². The minimum atomic E-state index is -0.0385. The third-order valence-corrected chi connectivity index (χ3v) is 5.15. The molecule has 1 atom stereocenters. The first-order valence-corrected chi connectivity index (χ1v) is 10.5. The van der Waals surface area contributed by atoms with E-state index in [1.54, 1.807) is 30.8 Å². The zero-order chi connectivity index (χ0) is 20.5. The van der Waals surface area contributed by atoms with E-state index in [0.29, 0.717) is 26.1 Å². The smallest absolute Gasteiger partial charge is 0.227 e. The number of amides is 1. The van der Waals surface area contributed by atoms with Gasteiger partial charge < -0.3 is 14.4 Å². The van der Waals surface area contributed by atoms with Gasteiger partial charge in [-0.15, -0.1) is 0 Å². The summed E-state index contributed by atoms with van der Waals surface area (Å²) in [6.45, 7) is 3.55. The summed E-state index contributed by atoms with van der Waals surface area (Å²) in [4.78, 5) is 19.0. The van der Waals surface area contributed by atoms with Crippen molar-refractivity contribution in [2.24, 2.45) is 0 Å². The van der Waals surface area contributed by atoms with Gasteiger partial charge in [0.15, 0.2) is 0 Å². The van der Waals surface area contributed by atoms with Crippen molar-refractivity contribution in [2.45, 2.75) is 32.5 Å². The summed E-state index contributed by atoms with van der Waals surface area (Å²) in [6, 6.07) is 13.8. The Kier molecular flexibility index (Phi) is 7.78. The van der Waals surface area contributed by atoms with Crippen LogP contribution in [0.25, 0.3) is 0 Å². The minimum Gasteiger partial charge on any atom is -0.488 e. The molecular weight excluding hydrogens is 384 g/mol. The molecule has 2 heterocycles. The van der Waals surface area contributed by atoms with Gasteiger partial charge in [0, 0.05) is 32.6 Å². The van der Waals surface area contributed by atoms with E-state index in [0.717, 1.165) is 22.4 Å². The Labute approximate surface area is 175 Å². The molecule has 1 aromatic carbocycles. The number of carbonyl (C=O) groups excluding carboxylic acids is 1. The quantitative estimate of drug-likeness (QED) is 0.499. The van der Waals surface area contributed by atoms with Crippen LogP contribution in [0.2, 0.25) is 0 Å². The van der Waals surface area contributed by atoms with Crippen LogP contribution in [0.15, 0.2) is 65.6 Å². The van der Waals surface area contributed by atoms with Crippen molar-refractivity contribution in [3.8, 4) is 5.75 Å². The summed E-state index contributed by atoms with van der Waals surface area (Å²) in [5, 5.41) is 4.02. The highest BCUT2D eigenvalue weighted by Crippen LogP contribution is 2.19. The number of methoxy groups -OCH3 is 1. The second kappa shape index (κ2) is 10.7. The van der Waals surface area contributed by atoms with Gasteiger partial charge in [-0.2, -0.15) is 11.3 Å². The van der Waals surface area contributed by atoms with E-state index in [1.807, 2.05) is 65.0 Å². The summed E-state index contributed by atoms with van der Waals surface area (Å²) in [7, 11) is 1.66. The van der Waals surface area contributed by atoms with Crippen LogP contribution in [0, 0.1) is 0 Å². The summed E-state index contributed by atoms with van der Waals surface area (Å²) in [6.07, 6.45) is 3.86. The number of hydrogen-bond acceptors (Lipinski definition) is 5. The van der Waals surface area contributed by atoms with Crippen LogP contribution in [0.5, 0.6) is 5.75 Å². The normalized spacial score (nSPS) is 11.8. The van der Waals surface area contributed by atoms with Crippen LogP contribution in [0.4, 0.5) is 0 Å². The lowest BCUT2D eigenvalue weighted by Gasteiger charge is -2.23. The SMILES string of the molecule is COCC(C)Oc1cccc(CN(Cc2ccncc2)C(=O)Cc2ccsc2)c1. The maximum atomic E-state index is 13.0. The molecule has 3 aromatic rings. The third kappa shape index (κ3) is 6.69. The van der Waals surface area contributed by atoms with Crippen molar-refractivity contribution in [3.05, 3.63) is 82.3 Å². The van der Waals surface area contributed by atoms with E-state index >= 15 is 0 Å². The average molecular weight is 411 g/mol. The average Bonchev–Trinajstić information content (AvgIpc) is 3.22. The molecule has 6 heteroatoms. The maximum absolute atomic E-state index is 13.0. The zero-order valence-electron chi connectivity index (χ0n) is 16.8. The largest absolute Gasteiger partial charge is 0.488 e. The van der Waals surface area contributed by atoms with E-state index < -0.39 is 0 Å². The van der Waals surface area contributed by atoms with Gasteiger partial charge in [0.2, 0.25) is 5.91 Å². The first kappa shape index (κ1) is 21.0. The minimum absolute atomic E-state index is 0.0385. The first-order chi connectivity index (χ1) is 14.1. The highest BCUT2D eigenvalue weighted by atomic mass is 32.1. The zero-order valence-corrected chi connectivity index (χ0v) is 17.6. The Balaban J connectivity index is 1.74. The van der Waals surface area contributed by atoms with E-state index in [1.165, 1.54) is 0 Å². The van der Waals surface area contributed by atoms with Crippen molar-refractivity contribution >= 4 is 17.2 Å². The number of rotatable bonds is 10. The molecule has 1 amide bonds. The van der Waals surface area contributed by atoms with Crippen LogP contribution < -0.4 is 4.74 Å². The van der Waals surface area contributed by atoms with Gasteiger partial charge in [-0.3, -0.25) is 9.78 Å². The molecule has 0 aliphatic carbocycles. The van der Waals surface area contributed by atoms with Crippen LogP contribution in [-0.2, 0) is 29.0 Å². The Morgan fingerprint density at radius 3 is 2.62 bits per heavy atom. The van der Waals surface area contributed by atoms with E-state index in [9.17, 15) is 4.79 Å². The van der Waals surface area contributed by atoms with E-state index in [-0.39, 0.29) is 12.0 Å². The van der Waals surface area contributed by atoms with Crippen molar-refractivity contribution < 1.29 is 14.3 Å². The van der Waals surface area contributed by atoms with Crippen LogP contribution >= 0.6 is 11.3 Å². The van der Waals surface area contributed by atoms with Gasteiger partial charge in [0.25, 0.3) is 0 Å². The predicted molar refractivity (Wildman–Crippen MR) is 115 cm³/mol. The number of aromatic nitrogens is 1. The Morgan fingerprint density at radius 1 is 1.10 bits per heavy atom. The molecular formula is C23H26N2O3S. The molecule has 0 N–H and O–H groups in total. The van der Waals surface area contributed by atoms with Crippen molar-refractivity contribution in [1.82, 2.24) is 9.88 Å². The Bertz CT molecular complexity index is 884. The fraction of sp³-hybridized carbons (Fsp3) is 0.304. The number of pyridine rings is 1. The topological polar surface area (TPSA) is 51.7 Å². The third-order valence-electron chi connectivity index (χ3n) is 4.42. The highest BCUT2D eigenvalue weighted by Gasteiger charge is 2.16. The van der Waals surface area contributed by atoms with Crippen LogP contribution in [0.3, 0.4) is 0 Å². The second-order valence-corrected chi connectivity index (χ2v) is 7.72. The lowest BCUT2D eigenvalue weighted by molar-refractivity contribution is -0.131. The van der Waals surface area contributed by atoms with Crippen LogP contribution in [0.1, 0.15) is 23.6 Å². The number of carbonyl (C=O) groups is 1. The van der Waals surface area contributed by atoms with Gasteiger partial charge in [-0.1, -0.05) is 12.1 Å². The number of benzene rings is 1.